The minimum absolute atomic E-state index is 0.112. The zero-order valence-corrected chi connectivity index (χ0v) is 10.1. The third-order valence-corrected chi connectivity index (χ3v) is 2.90. The molecule has 1 aromatic heterocycles. The van der Waals surface area contributed by atoms with E-state index in [2.05, 4.69) is 10.1 Å². The lowest BCUT2D eigenvalue weighted by molar-refractivity contribution is -0.0221. The lowest BCUT2D eigenvalue weighted by Gasteiger charge is -2.19. The number of aromatic nitrogens is 2. The molecule has 5 nitrogen and oxygen atoms in total. The van der Waals surface area contributed by atoms with Crippen molar-refractivity contribution in [2.75, 3.05) is 6.61 Å². The Balaban J connectivity index is 2.11. The molecular formula is C11H19N3O2. The van der Waals surface area contributed by atoms with E-state index in [9.17, 15) is 0 Å². The van der Waals surface area contributed by atoms with E-state index < -0.39 is 5.60 Å². The quantitative estimate of drug-likeness (QED) is 0.826. The maximum atomic E-state index is 5.99. The third kappa shape index (κ3) is 2.25. The van der Waals surface area contributed by atoms with Crippen LogP contribution in [0.4, 0.5) is 0 Å². The van der Waals surface area contributed by atoms with Crippen LogP contribution >= 0.6 is 0 Å². The molecule has 0 aromatic carbocycles. The van der Waals surface area contributed by atoms with Gasteiger partial charge in [-0.1, -0.05) is 5.16 Å². The van der Waals surface area contributed by atoms with Gasteiger partial charge in [-0.15, -0.1) is 0 Å². The summed E-state index contributed by atoms with van der Waals surface area (Å²) in [4.78, 5) is 4.33. The molecule has 1 aliphatic carbocycles. The van der Waals surface area contributed by atoms with Gasteiger partial charge >= 0.3 is 0 Å². The SMILES string of the molecule is CCOC(C)(C)c1noc(C(N)C2CC2)n1. The molecule has 90 valence electrons. The Labute approximate surface area is 95.3 Å². The second-order valence-electron chi connectivity index (χ2n) is 4.76. The molecule has 0 radical (unpaired) electrons. The smallest absolute Gasteiger partial charge is 0.243 e. The van der Waals surface area contributed by atoms with Crippen LogP contribution in [0.2, 0.25) is 0 Å². The molecular weight excluding hydrogens is 206 g/mol. The fourth-order valence-corrected chi connectivity index (χ4v) is 1.70. The first-order valence-corrected chi connectivity index (χ1v) is 5.78. The van der Waals surface area contributed by atoms with Crippen LogP contribution in [0.1, 0.15) is 51.4 Å². The molecule has 2 N–H and O–H groups in total. The largest absolute Gasteiger partial charge is 0.368 e. The minimum Gasteiger partial charge on any atom is -0.368 e. The molecule has 0 aliphatic heterocycles. The summed E-state index contributed by atoms with van der Waals surface area (Å²) in [7, 11) is 0. The van der Waals surface area contributed by atoms with Crippen LogP contribution < -0.4 is 5.73 Å². The average molecular weight is 225 g/mol. The maximum absolute atomic E-state index is 5.99. The van der Waals surface area contributed by atoms with Crippen LogP contribution in [0.5, 0.6) is 0 Å². The standard InChI is InChI=1S/C11H19N3O2/c1-4-15-11(2,3)10-13-9(16-14-10)8(12)7-5-6-7/h7-8H,4-6,12H2,1-3H3. The van der Waals surface area contributed by atoms with Crippen LogP contribution in [0.25, 0.3) is 0 Å². The Morgan fingerprint density at radius 1 is 1.56 bits per heavy atom. The monoisotopic (exact) mass is 225 g/mol. The lowest BCUT2D eigenvalue weighted by Crippen LogP contribution is -2.23. The first-order valence-electron chi connectivity index (χ1n) is 5.78. The summed E-state index contributed by atoms with van der Waals surface area (Å²) < 4.78 is 10.8. The predicted octanol–water partition coefficient (Wildman–Crippen LogP) is 1.75. The summed E-state index contributed by atoms with van der Waals surface area (Å²) in [6.07, 6.45) is 2.32. The summed E-state index contributed by atoms with van der Waals surface area (Å²) in [5.41, 5.74) is 5.48. The molecule has 1 fully saturated rings. The third-order valence-electron chi connectivity index (χ3n) is 2.90. The molecule has 16 heavy (non-hydrogen) atoms. The average Bonchev–Trinajstić information content (AvgIpc) is 2.93. The van der Waals surface area contributed by atoms with Crippen molar-refractivity contribution in [3.05, 3.63) is 11.7 Å². The fourth-order valence-electron chi connectivity index (χ4n) is 1.70. The van der Waals surface area contributed by atoms with Gasteiger partial charge in [0.15, 0.2) is 0 Å². The van der Waals surface area contributed by atoms with Gasteiger partial charge in [-0.25, -0.2) is 0 Å². The van der Waals surface area contributed by atoms with E-state index in [1.54, 1.807) is 0 Å². The van der Waals surface area contributed by atoms with E-state index in [1.807, 2.05) is 20.8 Å². The van der Waals surface area contributed by atoms with Gasteiger partial charge in [0.1, 0.15) is 5.60 Å². The van der Waals surface area contributed by atoms with Gasteiger partial charge in [0.2, 0.25) is 11.7 Å². The number of nitrogens with two attached hydrogens (primary N) is 1. The van der Waals surface area contributed by atoms with Crippen LogP contribution in [0, 0.1) is 5.92 Å². The molecule has 2 rings (SSSR count). The second kappa shape index (κ2) is 4.14. The predicted molar refractivity (Wildman–Crippen MR) is 58.6 cm³/mol. The molecule has 1 aliphatic rings. The Kier molecular flexibility index (Phi) is 2.99. The minimum atomic E-state index is -0.514. The van der Waals surface area contributed by atoms with Gasteiger partial charge in [0, 0.05) is 6.61 Å². The van der Waals surface area contributed by atoms with Gasteiger partial charge in [-0.05, 0) is 39.5 Å². The first kappa shape index (κ1) is 11.5. The molecule has 5 heteroatoms. The molecule has 0 spiro atoms. The van der Waals surface area contributed by atoms with Gasteiger partial charge < -0.3 is 15.0 Å². The highest BCUT2D eigenvalue weighted by atomic mass is 16.5. The van der Waals surface area contributed by atoms with Crippen molar-refractivity contribution in [3.8, 4) is 0 Å². The molecule has 0 bridgehead atoms. The number of rotatable bonds is 5. The van der Waals surface area contributed by atoms with Crippen molar-refractivity contribution >= 4 is 0 Å². The summed E-state index contributed by atoms with van der Waals surface area (Å²) >= 11 is 0. The first-order chi connectivity index (χ1) is 7.54. The van der Waals surface area contributed by atoms with E-state index in [0.717, 1.165) is 12.8 Å². The molecule has 1 atom stereocenters. The summed E-state index contributed by atoms with van der Waals surface area (Å²) in [5.74, 6) is 1.62. The van der Waals surface area contributed by atoms with Crippen molar-refractivity contribution in [1.29, 1.82) is 0 Å². The zero-order chi connectivity index (χ0) is 11.8. The Hall–Kier alpha value is -0.940. The van der Waals surface area contributed by atoms with Gasteiger partial charge in [-0.2, -0.15) is 4.98 Å². The van der Waals surface area contributed by atoms with E-state index >= 15 is 0 Å². The summed E-state index contributed by atoms with van der Waals surface area (Å²) in [6.45, 7) is 6.41. The molecule has 1 saturated carbocycles. The Morgan fingerprint density at radius 2 is 2.25 bits per heavy atom. The molecule has 0 amide bonds. The Bertz CT molecular complexity index is 358. The van der Waals surface area contributed by atoms with E-state index in [4.69, 9.17) is 15.0 Å². The van der Waals surface area contributed by atoms with Crippen LogP contribution in [0.3, 0.4) is 0 Å². The molecule has 1 aromatic rings. The molecule has 0 saturated heterocycles. The highest BCUT2D eigenvalue weighted by Gasteiger charge is 2.35. The van der Waals surface area contributed by atoms with E-state index in [0.29, 0.717) is 24.2 Å². The summed E-state index contributed by atoms with van der Waals surface area (Å²) in [6, 6.07) is -0.112. The highest BCUT2D eigenvalue weighted by molar-refractivity contribution is 5.02. The number of nitrogens with zero attached hydrogens (tertiary/aromatic N) is 2. The number of hydrogen-bond donors (Lipinski definition) is 1. The number of hydrogen-bond acceptors (Lipinski definition) is 5. The topological polar surface area (TPSA) is 74.2 Å². The molecule has 1 unspecified atom stereocenters. The molecule has 1 heterocycles. The summed E-state index contributed by atoms with van der Waals surface area (Å²) in [5, 5.41) is 3.95. The maximum Gasteiger partial charge on any atom is 0.243 e. The fraction of sp³-hybridized carbons (Fsp3) is 0.818. The van der Waals surface area contributed by atoms with Gasteiger partial charge in [0.25, 0.3) is 0 Å². The zero-order valence-electron chi connectivity index (χ0n) is 10.1. The van der Waals surface area contributed by atoms with Crippen LogP contribution in [0.15, 0.2) is 4.52 Å². The van der Waals surface area contributed by atoms with Crippen molar-refractivity contribution in [3.63, 3.8) is 0 Å². The van der Waals surface area contributed by atoms with Crippen molar-refractivity contribution < 1.29 is 9.26 Å². The van der Waals surface area contributed by atoms with E-state index in [1.165, 1.54) is 0 Å². The van der Waals surface area contributed by atoms with Crippen molar-refractivity contribution in [1.82, 2.24) is 10.1 Å². The van der Waals surface area contributed by atoms with E-state index in [-0.39, 0.29) is 6.04 Å². The van der Waals surface area contributed by atoms with Gasteiger partial charge in [0.05, 0.1) is 6.04 Å². The van der Waals surface area contributed by atoms with Crippen molar-refractivity contribution in [2.24, 2.45) is 11.7 Å². The normalized spacial score (nSPS) is 18.8. The second-order valence-corrected chi connectivity index (χ2v) is 4.76. The lowest BCUT2D eigenvalue weighted by atomic mass is 10.1. The Morgan fingerprint density at radius 3 is 2.81 bits per heavy atom. The van der Waals surface area contributed by atoms with Crippen LogP contribution in [-0.2, 0) is 10.3 Å². The van der Waals surface area contributed by atoms with Crippen LogP contribution in [-0.4, -0.2) is 16.7 Å². The van der Waals surface area contributed by atoms with Crippen molar-refractivity contribution in [2.45, 2.75) is 45.3 Å². The number of ether oxygens (including phenoxy) is 1. The van der Waals surface area contributed by atoms with Gasteiger partial charge in [-0.3, -0.25) is 0 Å². The highest BCUT2D eigenvalue weighted by Crippen LogP contribution is 2.39.